The molecule has 2 unspecified atom stereocenters. The molecule has 1 amide bonds. The van der Waals surface area contributed by atoms with Crippen LogP contribution in [0, 0.1) is 0 Å². The summed E-state index contributed by atoms with van der Waals surface area (Å²) in [4.78, 5) is 23.4. The number of rotatable bonds is 8. The summed E-state index contributed by atoms with van der Waals surface area (Å²) in [5, 5.41) is 6.91. The minimum absolute atomic E-state index is 0.0759. The summed E-state index contributed by atoms with van der Waals surface area (Å²) in [5.41, 5.74) is 1.53. The quantitative estimate of drug-likeness (QED) is 0.553. The molecule has 0 saturated carbocycles. The van der Waals surface area contributed by atoms with Crippen molar-refractivity contribution in [2.75, 3.05) is 30.4 Å². The second-order valence-electron chi connectivity index (χ2n) is 8.21. The van der Waals surface area contributed by atoms with Crippen LogP contribution >= 0.6 is 0 Å². The minimum atomic E-state index is -0.0759. The van der Waals surface area contributed by atoms with Gasteiger partial charge in [-0.1, -0.05) is 5.16 Å². The molecule has 1 saturated heterocycles. The van der Waals surface area contributed by atoms with Crippen LogP contribution < -0.4 is 15.0 Å². The predicted molar refractivity (Wildman–Crippen MR) is 124 cm³/mol. The van der Waals surface area contributed by atoms with E-state index in [2.05, 4.69) is 39.2 Å². The van der Waals surface area contributed by atoms with Crippen molar-refractivity contribution in [1.29, 1.82) is 0 Å². The number of methoxy groups -OCH3 is 1. The molecular formula is C24H29N5O4. The summed E-state index contributed by atoms with van der Waals surface area (Å²) >= 11 is 0. The van der Waals surface area contributed by atoms with Crippen molar-refractivity contribution in [3.63, 3.8) is 0 Å². The van der Waals surface area contributed by atoms with Crippen molar-refractivity contribution in [2.24, 2.45) is 0 Å². The number of morpholine rings is 1. The number of nitrogens with zero attached hydrogens (tertiary/aromatic N) is 4. The van der Waals surface area contributed by atoms with E-state index in [1.165, 1.54) is 0 Å². The summed E-state index contributed by atoms with van der Waals surface area (Å²) in [6, 6.07) is 11.3. The maximum Gasteiger partial charge on any atom is 0.226 e. The Morgan fingerprint density at radius 3 is 2.58 bits per heavy atom. The highest BCUT2D eigenvalue weighted by atomic mass is 16.5. The van der Waals surface area contributed by atoms with Gasteiger partial charge in [0.15, 0.2) is 0 Å². The van der Waals surface area contributed by atoms with Crippen molar-refractivity contribution >= 4 is 17.4 Å². The van der Waals surface area contributed by atoms with Crippen LogP contribution in [0.2, 0.25) is 0 Å². The maximum atomic E-state index is 12.3. The average Bonchev–Trinajstić information content (AvgIpc) is 3.28. The first-order chi connectivity index (χ1) is 16.0. The standard InChI is InChI=1S/C24H29N5O4/c1-16-14-29(15-17(2)32-16)21-12-9-19(13-25-21)26-22(30)5-4-6-23-27-24(28-33-23)18-7-10-20(31-3)11-8-18/h7-13,16-17H,4-6,14-15H2,1-3H3,(H,26,30). The summed E-state index contributed by atoms with van der Waals surface area (Å²) in [6.07, 6.45) is 3.51. The molecule has 9 nitrogen and oxygen atoms in total. The Hall–Kier alpha value is -3.46. The Morgan fingerprint density at radius 1 is 1.15 bits per heavy atom. The number of hydrogen-bond donors (Lipinski definition) is 1. The van der Waals surface area contributed by atoms with Crippen LogP contribution in [0.1, 0.15) is 32.6 Å². The first-order valence-electron chi connectivity index (χ1n) is 11.1. The van der Waals surface area contributed by atoms with Crippen molar-refractivity contribution < 1.29 is 18.8 Å². The van der Waals surface area contributed by atoms with E-state index >= 15 is 0 Å². The normalized spacial score (nSPS) is 18.2. The van der Waals surface area contributed by atoms with Gasteiger partial charge in [-0.3, -0.25) is 4.79 Å². The molecule has 9 heteroatoms. The molecule has 1 fully saturated rings. The van der Waals surface area contributed by atoms with E-state index in [9.17, 15) is 4.79 Å². The van der Waals surface area contributed by atoms with Crippen LogP contribution in [0.4, 0.5) is 11.5 Å². The number of amides is 1. The van der Waals surface area contributed by atoms with Gasteiger partial charge in [0.25, 0.3) is 0 Å². The molecule has 3 heterocycles. The highest BCUT2D eigenvalue weighted by molar-refractivity contribution is 5.90. The van der Waals surface area contributed by atoms with E-state index in [1.54, 1.807) is 13.3 Å². The minimum Gasteiger partial charge on any atom is -0.497 e. The lowest BCUT2D eigenvalue weighted by molar-refractivity contribution is -0.116. The number of ether oxygens (including phenoxy) is 2. The lowest BCUT2D eigenvalue weighted by Gasteiger charge is -2.36. The van der Waals surface area contributed by atoms with Gasteiger partial charge >= 0.3 is 0 Å². The number of hydrogen-bond acceptors (Lipinski definition) is 8. The number of nitrogens with one attached hydrogen (secondary N) is 1. The molecule has 0 spiro atoms. The lowest BCUT2D eigenvalue weighted by Crippen LogP contribution is -2.45. The molecule has 1 aromatic carbocycles. The van der Waals surface area contributed by atoms with Crippen molar-refractivity contribution in [3.05, 3.63) is 48.5 Å². The van der Waals surface area contributed by atoms with E-state index < -0.39 is 0 Å². The summed E-state index contributed by atoms with van der Waals surface area (Å²) < 4.78 is 16.2. The van der Waals surface area contributed by atoms with E-state index in [0.29, 0.717) is 36.7 Å². The van der Waals surface area contributed by atoms with Crippen molar-refractivity contribution in [3.8, 4) is 17.1 Å². The molecule has 0 radical (unpaired) electrons. The molecule has 0 bridgehead atoms. The van der Waals surface area contributed by atoms with Crippen LogP contribution in [0.25, 0.3) is 11.4 Å². The molecule has 0 aliphatic carbocycles. The van der Waals surface area contributed by atoms with E-state index in [0.717, 1.165) is 30.2 Å². The molecule has 1 N–H and O–H groups in total. The summed E-state index contributed by atoms with van der Waals surface area (Å²) in [6.45, 7) is 5.73. The molecular weight excluding hydrogens is 422 g/mol. The topological polar surface area (TPSA) is 103 Å². The number of carbonyl (C=O) groups excluding carboxylic acids is 1. The first-order valence-corrected chi connectivity index (χ1v) is 11.1. The lowest BCUT2D eigenvalue weighted by atomic mass is 10.2. The van der Waals surface area contributed by atoms with Gasteiger partial charge in [0.05, 0.1) is 31.2 Å². The monoisotopic (exact) mass is 451 g/mol. The van der Waals surface area contributed by atoms with Gasteiger partial charge in [-0.25, -0.2) is 4.98 Å². The van der Waals surface area contributed by atoms with Crippen LogP contribution in [0.5, 0.6) is 5.75 Å². The van der Waals surface area contributed by atoms with E-state index in [4.69, 9.17) is 14.0 Å². The van der Waals surface area contributed by atoms with Gasteiger partial charge in [0, 0.05) is 31.5 Å². The Labute approximate surface area is 193 Å². The van der Waals surface area contributed by atoms with Crippen molar-refractivity contribution in [2.45, 2.75) is 45.3 Å². The molecule has 1 aliphatic rings. The largest absolute Gasteiger partial charge is 0.497 e. The number of pyridine rings is 1. The molecule has 174 valence electrons. The van der Waals surface area contributed by atoms with Crippen molar-refractivity contribution in [1.82, 2.24) is 15.1 Å². The zero-order valence-corrected chi connectivity index (χ0v) is 19.2. The fourth-order valence-electron chi connectivity index (χ4n) is 3.85. The Balaban J connectivity index is 1.23. The smallest absolute Gasteiger partial charge is 0.226 e. The molecule has 33 heavy (non-hydrogen) atoms. The zero-order chi connectivity index (χ0) is 23.2. The SMILES string of the molecule is COc1ccc(-c2noc(CCCC(=O)Nc3ccc(N4CC(C)OC(C)C4)nc3)n2)cc1. The number of benzene rings is 1. The van der Waals surface area contributed by atoms with Gasteiger partial charge in [0.2, 0.25) is 17.6 Å². The van der Waals surface area contributed by atoms with Crippen LogP contribution in [0.15, 0.2) is 47.1 Å². The van der Waals surface area contributed by atoms with Gasteiger partial charge in [-0.05, 0) is 56.7 Å². The predicted octanol–water partition coefficient (Wildman–Crippen LogP) is 3.72. The Morgan fingerprint density at radius 2 is 1.91 bits per heavy atom. The van der Waals surface area contributed by atoms with Gasteiger partial charge in [0.1, 0.15) is 11.6 Å². The van der Waals surface area contributed by atoms with Crippen LogP contribution in [-0.4, -0.2) is 53.4 Å². The fourth-order valence-corrected chi connectivity index (χ4v) is 3.85. The van der Waals surface area contributed by atoms with E-state index in [1.807, 2.05) is 36.4 Å². The number of anilines is 2. The van der Waals surface area contributed by atoms with Crippen LogP contribution in [0.3, 0.4) is 0 Å². The fraction of sp³-hybridized carbons (Fsp3) is 0.417. The van der Waals surface area contributed by atoms with Gasteiger partial charge in [-0.2, -0.15) is 4.98 Å². The molecule has 2 atom stereocenters. The molecule has 4 rings (SSSR count). The second kappa shape index (κ2) is 10.4. The average molecular weight is 452 g/mol. The van der Waals surface area contributed by atoms with Gasteiger partial charge in [-0.15, -0.1) is 0 Å². The summed E-state index contributed by atoms with van der Waals surface area (Å²) in [7, 11) is 1.62. The highest BCUT2D eigenvalue weighted by Gasteiger charge is 2.23. The highest BCUT2D eigenvalue weighted by Crippen LogP contribution is 2.21. The first kappa shape index (κ1) is 22.7. The number of carbonyl (C=O) groups is 1. The number of aromatic nitrogens is 3. The maximum absolute atomic E-state index is 12.3. The van der Waals surface area contributed by atoms with E-state index in [-0.39, 0.29) is 18.1 Å². The third kappa shape index (κ3) is 6.07. The Bertz CT molecular complexity index is 1040. The van der Waals surface area contributed by atoms with Crippen LogP contribution in [-0.2, 0) is 16.0 Å². The zero-order valence-electron chi connectivity index (χ0n) is 19.2. The number of aryl methyl sites for hydroxylation is 1. The Kier molecular flexibility index (Phi) is 7.19. The molecule has 3 aromatic rings. The second-order valence-corrected chi connectivity index (χ2v) is 8.21. The third-order valence-corrected chi connectivity index (χ3v) is 5.39. The third-order valence-electron chi connectivity index (χ3n) is 5.39. The van der Waals surface area contributed by atoms with Gasteiger partial charge < -0.3 is 24.2 Å². The summed E-state index contributed by atoms with van der Waals surface area (Å²) in [5.74, 6) is 2.61. The molecule has 2 aromatic heterocycles. The molecule has 1 aliphatic heterocycles.